The Hall–Kier alpha value is -2.04. The van der Waals surface area contributed by atoms with E-state index in [1.54, 1.807) is 19.1 Å². The number of carboxylic acid groups (broad SMARTS) is 1. The monoisotopic (exact) mass is 266 g/mol. The number of carbonyl (C=O) groups is 2. The van der Waals surface area contributed by atoms with Gasteiger partial charge in [0.1, 0.15) is 5.75 Å². The van der Waals surface area contributed by atoms with E-state index in [9.17, 15) is 9.59 Å². The summed E-state index contributed by atoms with van der Waals surface area (Å²) in [7, 11) is 0. The van der Waals surface area contributed by atoms with Crippen LogP contribution in [0.3, 0.4) is 0 Å². The van der Waals surface area contributed by atoms with Crippen LogP contribution in [0.25, 0.3) is 0 Å². The fourth-order valence-electron chi connectivity index (χ4n) is 1.38. The molecule has 0 bridgehead atoms. The molecule has 0 unspecified atom stereocenters. The lowest BCUT2D eigenvalue weighted by atomic mass is 10.2. The Labute approximate surface area is 112 Å². The number of unbranched alkanes of at least 4 members (excludes halogenated alkanes) is 1. The van der Waals surface area contributed by atoms with E-state index in [4.69, 9.17) is 14.6 Å². The number of esters is 1. The second kappa shape index (κ2) is 8.13. The van der Waals surface area contributed by atoms with Crippen molar-refractivity contribution in [2.75, 3.05) is 13.2 Å². The maximum Gasteiger partial charge on any atom is 0.335 e. The molecule has 5 nitrogen and oxygen atoms in total. The van der Waals surface area contributed by atoms with Gasteiger partial charge in [0.15, 0.2) is 0 Å². The van der Waals surface area contributed by atoms with Crippen LogP contribution >= 0.6 is 0 Å². The van der Waals surface area contributed by atoms with Crippen molar-refractivity contribution in [1.82, 2.24) is 0 Å². The zero-order valence-corrected chi connectivity index (χ0v) is 10.9. The number of ether oxygens (including phenoxy) is 2. The summed E-state index contributed by atoms with van der Waals surface area (Å²) in [6.45, 7) is 2.68. The molecule has 1 aromatic rings. The van der Waals surface area contributed by atoms with Gasteiger partial charge in [0.05, 0.1) is 18.8 Å². The molecule has 5 heteroatoms. The molecule has 0 saturated carbocycles. The molecule has 0 aliphatic rings. The fourth-order valence-corrected chi connectivity index (χ4v) is 1.38. The van der Waals surface area contributed by atoms with E-state index in [1.165, 1.54) is 12.1 Å². The van der Waals surface area contributed by atoms with E-state index in [2.05, 4.69) is 0 Å². The highest BCUT2D eigenvalue weighted by Crippen LogP contribution is 2.12. The largest absolute Gasteiger partial charge is 0.494 e. The molecular formula is C14H18O5. The molecule has 0 spiro atoms. The van der Waals surface area contributed by atoms with Crippen molar-refractivity contribution in [2.45, 2.75) is 26.2 Å². The molecule has 1 aromatic carbocycles. The van der Waals surface area contributed by atoms with E-state index < -0.39 is 5.97 Å². The summed E-state index contributed by atoms with van der Waals surface area (Å²) >= 11 is 0. The molecule has 0 fully saturated rings. The molecule has 104 valence electrons. The van der Waals surface area contributed by atoms with Gasteiger partial charge in [-0.1, -0.05) is 6.92 Å². The van der Waals surface area contributed by atoms with Crippen molar-refractivity contribution in [3.63, 3.8) is 0 Å². The summed E-state index contributed by atoms with van der Waals surface area (Å²) in [5, 5.41) is 8.73. The minimum absolute atomic E-state index is 0.190. The Bertz CT molecular complexity index is 410. The van der Waals surface area contributed by atoms with Crippen LogP contribution < -0.4 is 4.74 Å². The smallest absolute Gasteiger partial charge is 0.335 e. The summed E-state index contributed by atoms with van der Waals surface area (Å²) in [6.07, 6.45) is 1.92. The van der Waals surface area contributed by atoms with Crippen molar-refractivity contribution >= 4 is 11.9 Å². The highest BCUT2D eigenvalue weighted by Gasteiger charge is 2.02. The van der Waals surface area contributed by atoms with E-state index in [1.807, 2.05) is 0 Å². The lowest BCUT2D eigenvalue weighted by Gasteiger charge is -2.06. The van der Waals surface area contributed by atoms with E-state index >= 15 is 0 Å². The first-order chi connectivity index (χ1) is 9.13. The molecule has 19 heavy (non-hydrogen) atoms. The van der Waals surface area contributed by atoms with Crippen LogP contribution in [0.2, 0.25) is 0 Å². The Kier molecular flexibility index (Phi) is 6.43. The quantitative estimate of drug-likeness (QED) is 0.578. The van der Waals surface area contributed by atoms with Gasteiger partial charge in [0.25, 0.3) is 0 Å². The van der Waals surface area contributed by atoms with Gasteiger partial charge in [0, 0.05) is 6.42 Å². The van der Waals surface area contributed by atoms with Gasteiger partial charge in [-0.3, -0.25) is 4.79 Å². The zero-order chi connectivity index (χ0) is 14.1. The molecule has 0 aromatic heterocycles. The minimum Gasteiger partial charge on any atom is -0.494 e. The average molecular weight is 266 g/mol. The molecule has 0 aliphatic carbocycles. The van der Waals surface area contributed by atoms with Crippen molar-refractivity contribution in [2.24, 2.45) is 0 Å². The third kappa shape index (κ3) is 5.90. The van der Waals surface area contributed by atoms with Gasteiger partial charge >= 0.3 is 11.9 Å². The van der Waals surface area contributed by atoms with Crippen LogP contribution in [-0.4, -0.2) is 30.3 Å². The highest BCUT2D eigenvalue weighted by atomic mass is 16.5. The Morgan fingerprint density at radius 1 is 1.11 bits per heavy atom. The predicted molar refractivity (Wildman–Crippen MR) is 69.4 cm³/mol. The molecular weight excluding hydrogens is 248 g/mol. The van der Waals surface area contributed by atoms with Crippen LogP contribution in [0.5, 0.6) is 5.75 Å². The second-order valence-electron chi connectivity index (χ2n) is 3.96. The minimum atomic E-state index is -0.954. The molecule has 1 N–H and O–H groups in total. The van der Waals surface area contributed by atoms with Gasteiger partial charge in [-0.25, -0.2) is 4.79 Å². The number of carboxylic acids is 1. The van der Waals surface area contributed by atoms with Crippen LogP contribution in [0.1, 0.15) is 36.5 Å². The highest BCUT2D eigenvalue weighted by molar-refractivity contribution is 5.87. The number of hydrogen-bond donors (Lipinski definition) is 1. The number of carbonyl (C=O) groups excluding carboxylic acids is 1. The predicted octanol–water partition coefficient (Wildman–Crippen LogP) is 2.50. The average Bonchev–Trinajstić information content (AvgIpc) is 2.42. The van der Waals surface area contributed by atoms with Crippen LogP contribution in [-0.2, 0) is 9.53 Å². The summed E-state index contributed by atoms with van der Waals surface area (Å²) < 4.78 is 10.4. The number of hydrogen-bond acceptors (Lipinski definition) is 4. The van der Waals surface area contributed by atoms with Gasteiger partial charge in [0.2, 0.25) is 0 Å². The van der Waals surface area contributed by atoms with Gasteiger partial charge in [-0.05, 0) is 37.1 Å². The zero-order valence-electron chi connectivity index (χ0n) is 10.9. The number of benzene rings is 1. The number of rotatable bonds is 8. The van der Waals surface area contributed by atoms with Crippen molar-refractivity contribution in [3.05, 3.63) is 29.8 Å². The summed E-state index contributed by atoms with van der Waals surface area (Å²) in [4.78, 5) is 21.5. The van der Waals surface area contributed by atoms with E-state index in [0.717, 1.165) is 12.8 Å². The molecule has 0 amide bonds. The molecule has 1 rings (SSSR count). The molecule has 0 saturated heterocycles. The molecule has 0 heterocycles. The lowest BCUT2D eigenvalue weighted by Crippen LogP contribution is -2.05. The Balaban J connectivity index is 2.15. The lowest BCUT2D eigenvalue weighted by molar-refractivity contribution is -0.143. The second-order valence-corrected chi connectivity index (χ2v) is 3.96. The van der Waals surface area contributed by atoms with Crippen LogP contribution in [0, 0.1) is 0 Å². The van der Waals surface area contributed by atoms with Gasteiger partial charge in [-0.2, -0.15) is 0 Å². The normalized spacial score (nSPS) is 9.95. The molecule has 0 radical (unpaired) electrons. The number of aromatic carboxylic acids is 1. The maximum absolute atomic E-state index is 10.9. The van der Waals surface area contributed by atoms with E-state index in [0.29, 0.717) is 25.4 Å². The van der Waals surface area contributed by atoms with Crippen molar-refractivity contribution in [1.29, 1.82) is 0 Å². The first-order valence-corrected chi connectivity index (χ1v) is 6.25. The van der Waals surface area contributed by atoms with Crippen LogP contribution in [0.15, 0.2) is 24.3 Å². The maximum atomic E-state index is 10.9. The molecule has 0 aliphatic heterocycles. The first-order valence-electron chi connectivity index (χ1n) is 6.25. The first kappa shape index (κ1) is 15.0. The van der Waals surface area contributed by atoms with Gasteiger partial charge in [-0.15, -0.1) is 0 Å². The Morgan fingerprint density at radius 3 is 2.32 bits per heavy atom. The SMILES string of the molecule is CCC(=O)OCCCCOc1ccc(C(=O)O)cc1. The Morgan fingerprint density at radius 2 is 1.74 bits per heavy atom. The third-order valence-electron chi connectivity index (χ3n) is 2.46. The van der Waals surface area contributed by atoms with E-state index in [-0.39, 0.29) is 11.5 Å². The van der Waals surface area contributed by atoms with Crippen molar-refractivity contribution in [3.8, 4) is 5.75 Å². The summed E-state index contributed by atoms with van der Waals surface area (Å²) in [5.74, 6) is -0.509. The topological polar surface area (TPSA) is 72.8 Å². The van der Waals surface area contributed by atoms with Gasteiger partial charge < -0.3 is 14.6 Å². The third-order valence-corrected chi connectivity index (χ3v) is 2.46. The summed E-state index contributed by atoms with van der Waals surface area (Å²) in [5.41, 5.74) is 0.235. The molecule has 0 atom stereocenters. The van der Waals surface area contributed by atoms with Crippen molar-refractivity contribution < 1.29 is 24.2 Å². The summed E-state index contributed by atoms with van der Waals surface area (Å²) in [6, 6.07) is 6.25. The standard InChI is InChI=1S/C14H18O5/c1-2-13(15)19-10-4-3-9-18-12-7-5-11(6-8-12)14(16)17/h5-8H,2-4,9-10H2,1H3,(H,16,17). The van der Waals surface area contributed by atoms with Crippen LogP contribution in [0.4, 0.5) is 0 Å². The fraction of sp³-hybridized carbons (Fsp3) is 0.429.